The van der Waals surface area contributed by atoms with Crippen molar-refractivity contribution in [3.63, 3.8) is 0 Å². The van der Waals surface area contributed by atoms with Gasteiger partial charge in [0.2, 0.25) is 0 Å². The Bertz CT molecular complexity index is 484. The Morgan fingerprint density at radius 3 is 2.79 bits per heavy atom. The lowest BCUT2D eigenvalue weighted by molar-refractivity contribution is 0.0664. The summed E-state index contributed by atoms with van der Waals surface area (Å²) in [5.41, 5.74) is 0.897. The van der Waals surface area contributed by atoms with Gasteiger partial charge in [0.25, 0.3) is 0 Å². The van der Waals surface area contributed by atoms with Gasteiger partial charge in [0.05, 0.1) is 5.69 Å². The van der Waals surface area contributed by atoms with Crippen LogP contribution in [0.25, 0.3) is 0 Å². The summed E-state index contributed by atoms with van der Waals surface area (Å²) in [5.74, 6) is 0.677. The molecule has 1 aromatic rings. The minimum atomic E-state index is 0.145. The zero-order chi connectivity index (χ0) is 16.8. The molecule has 1 N–H and O–H groups in total. The van der Waals surface area contributed by atoms with Gasteiger partial charge < -0.3 is 10.0 Å². The summed E-state index contributed by atoms with van der Waals surface area (Å²) in [6.45, 7) is 9.65. The predicted molar refractivity (Wildman–Crippen MR) is 94.9 cm³/mol. The molecule has 24 heavy (non-hydrogen) atoms. The maximum Gasteiger partial charge on any atom is 0.0849 e. The number of likely N-dealkylation sites (tertiary alicyclic amines) is 2. The molecule has 3 heterocycles. The van der Waals surface area contributed by atoms with Crippen LogP contribution >= 0.6 is 0 Å². The molecule has 6 nitrogen and oxygen atoms in total. The molecule has 3 rings (SSSR count). The highest BCUT2D eigenvalue weighted by Gasteiger charge is 2.28. The molecule has 0 amide bonds. The maximum atomic E-state index is 8.99. The summed E-state index contributed by atoms with van der Waals surface area (Å²) >= 11 is 0. The van der Waals surface area contributed by atoms with Crippen molar-refractivity contribution in [1.82, 2.24) is 24.8 Å². The van der Waals surface area contributed by atoms with Crippen LogP contribution in [0.3, 0.4) is 0 Å². The Labute approximate surface area is 145 Å². The highest BCUT2D eigenvalue weighted by Crippen LogP contribution is 2.24. The number of hydrogen-bond donors (Lipinski definition) is 1. The van der Waals surface area contributed by atoms with Gasteiger partial charge in [-0.15, -0.1) is 5.10 Å². The third-order valence-electron chi connectivity index (χ3n) is 5.56. The minimum absolute atomic E-state index is 0.145. The molecule has 0 aromatic carbocycles. The van der Waals surface area contributed by atoms with Crippen molar-refractivity contribution < 1.29 is 5.11 Å². The van der Waals surface area contributed by atoms with E-state index < -0.39 is 0 Å². The van der Waals surface area contributed by atoms with Gasteiger partial charge in [-0.25, -0.2) is 0 Å². The lowest BCUT2D eigenvalue weighted by Gasteiger charge is -2.42. The van der Waals surface area contributed by atoms with Crippen LogP contribution < -0.4 is 0 Å². The molecule has 1 atom stereocenters. The third kappa shape index (κ3) is 4.77. The average Bonchev–Trinajstić information content (AvgIpc) is 3.03. The van der Waals surface area contributed by atoms with Crippen LogP contribution in [0.4, 0.5) is 0 Å². The Kier molecular flexibility index (Phi) is 6.63. The van der Waals surface area contributed by atoms with E-state index in [0.29, 0.717) is 12.3 Å². The van der Waals surface area contributed by atoms with Gasteiger partial charge in [-0.05, 0) is 64.2 Å². The van der Waals surface area contributed by atoms with Crippen molar-refractivity contribution >= 4 is 0 Å². The molecule has 6 heteroatoms. The van der Waals surface area contributed by atoms with Crippen LogP contribution in [-0.4, -0.2) is 75.3 Å². The van der Waals surface area contributed by atoms with Crippen LogP contribution in [0.2, 0.25) is 0 Å². The van der Waals surface area contributed by atoms with Gasteiger partial charge in [0.1, 0.15) is 0 Å². The summed E-state index contributed by atoms with van der Waals surface area (Å²) in [6, 6.07) is 0.779. The first-order valence-electron chi connectivity index (χ1n) is 9.74. The first-order chi connectivity index (χ1) is 11.8. The monoisotopic (exact) mass is 335 g/mol. The van der Waals surface area contributed by atoms with E-state index in [1.54, 1.807) is 0 Å². The molecule has 0 spiro atoms. The molecule has 0 unspecified atom stereocenters. The van der Waals surface area contributed by atoms with E-state index in [-0.39, 0.29) is 6.61 Å². The van der Waals surface area contributed by atoms with E-state index in [0.717, 1.165) is 18.3 Å². The van der Waals surface area contributed by atoms with Gasteiger partial charge in [0.15, 0.2) is 0 Å². The topological polar surface area (TPSA) is 57.4 Å². The zero-order valence-electron chi connectivity index (χ0n) is 15.1. The van der Waals surface area contributed by atoms with E-state index in [1.165, 1.54) is 64.8 Å². The second kappa shape index (κ2) is 8.92. The van der Waals surface area contributed by atoms with Crippen molar-refractivity contribution in [2.24, 2.45) is 5.92 Å². The van der Waals surface area contributed by atoms with Crippen LogP contribution in [0.1, 0.15) is 44.7 Å². The summed E-state index contributed by atoms with van der Waals surface area (Å²) < 4.78 is 1.98. The molecular weight excluding hydrogens is 302 g/mol. The number of rotatable bonds is 7. The number of nitrogens with zero attached hydrogens (tertiary/aromatic N) is 5. The summed E-state index contributed by atoms with van der Waals surface area (Å²) in [5, 5.41) is 17.4. The van der Waals surface area contributed by atoms with E-state index >= 15 is 0 Å². The van der Waals surface area contributed by atoms with Crippen molar-refractivity contribution in [3.05, 3.63) is 11.9 Å². The van der Waals surface area contributed by atoms with Crippen LogP contribution in [0.5, 0.6) is 0 Å². The number of aromatic nitrogens is 3. The number of hydrogen-bond acceptors (Lipinski definition) is 5. The summed E-state index contributed by atoms with van der Waals surface area (Å²) in [7, 11) is 0. The molecule has 1 aromatic heterocycles. The third-order valence-corrected chi connectivity index (χ3v) is 5.56. The molecule has 2 fully saturated rings. The SMILES string of the molecule is CCCN1CCC(N2CCC[C@H](Cn3cc(CCO)nn3)C2)CC1. The lowest BCUT2D eigenvalue weighted by Crippen LogP contribution is -2.49. The van der Waals surface area contributed by atoms with Crippen molar-refractivity contribution in [1.29, 1.82) is 0 Å². The van der Waals surface area contributed by atoms with E-state index in [2.05, 4.69) is 27.0 Å². The van der Waals surface area contributed by atoms with Gasteiger partial charge in [-0.3, -0.25) is 9.58 Å². The smallest absolute Gasteiger partial charge is 0.0849 e. The lowest BCUT2D eigenvalue weighted by atomic mass is 9.94. The normalized spacial score (nSPS) is 24.5. The van der Waals surface area contributed by atoms with Crippen LogP contribution in [0, 0.1) is 5.92 Å². The van der Waals surface area contributed by atoms with Crippen molar-refractivity contribution in [3.8, 4) is 0 Å². The molecular formula is C18H33N5O. The van der Waals surface area contributed by atoms with Gasteiger partial charge >= 0.3 is 0 Å². The maximum absolute atomic E-state index is 8.99. The standard InChI is InChI=1S/C18H33N5O/c1-2-8-21-10-5-18(6-11-21)22-9-3-4-16(13-22)14-23-15-17(7-12-24)19-20-23/h15-16,18,24H,2-14H2,1H3/t16-/m0/s1. The average molecular weight is 335 g/mol. The first-order valence-corrected chi connectivity index (χ1v) is 9.74. The molecule has 0 bridgehead atoms. The largest absolute Gasteiger partial charge is 0.396 e. The summed E-state index contributed by atoms with van der Waals surface area (Å²) in [4.78, 5) is 5.36. The van der Waals surface area contributed by atoms with Crippen molar-refractivity contribution in [2.45, 2.75) is 58.0 Å². The van der Waals surface area contributed by atoms with Crippen molar-refractivity contribution in [2.75, 3.05) is 39.3 Å². The van der Waals surface area contributed by atoms with E-state index in [9.17, 15) is 0 Å². The second-order valence-electron chi connectivity index (χ2n) is 7.48. The molecule has 2 saturated heterocycles. The van der Waals surface area contributed by atoms with Gasteiger partial charge in [-0.2, -0.15) is 0 Å². The number of piperidine rings is 2. The number of aliphatic hydroxyl groups excluding tert-OH is 1. The first kappa shape index (κ1) is 17.8. The fourth-order valence-electron chi connectivity index (χ4n) is 4.32. The fourth-order valence-corrected chi connectivity index (χ4v) is 4.32. The Morgan fingerprint density at radius 2 is 2.04 bits per heavy atom. The Balaban J connectivity index is 1.47. The van der Waals surface area contributed by atoms with Gasteiger partial charge in [-0.1, -0.05) is 12.1 Å². The Hall–Kier alpha value is -0.980. The van der Waals surface area contributed by atoms with E-state index in [1.807, 2.05) is 10.9 Å². The van der Waals surface area contributed by atoms with Gasteiger partial charge in [0, 0.05) is 38.4 Å². The van der Waals surface area contributed by atoms with E-state index in [4.69, 9.17) is 5.11 Å². The molecule has 2 aliphatic heterocycles. The molecule has 0 aliphatic carbocycles. The predicted octanol–water partition coefficient (Wildman–Crippen LogP) is 1.40. The molecule has 0 saturated carbocycles. The highest BCUT2D eigenvalue weighted by atomic mass is 16.3. The molecule has 2 aliphatic rings. The molecule has 0 radical (unpaired) electrons. The summed E-state index contributed by atoms with van der Waals surface area (Å²) in [6.07, 6.45) is 9.13. The molecule has 136 valence electrons. The Morgan fingerprint density at radius 1 is 1.21 bits per heavy atom. The zero-order valence-corrected chi connectivity index (χ0v) is 15.1. The highest BCUT2D eigenvalue weighted by molar-refractivity contribution is 4.92. The second-order valence-corrected chi connectivity index (χ2v) is 7.48. The quantitative estimate of drug-likeness (QED) is 0.816. The van der Waals surface area contributed by atoms with Crippen LogP contribution in [0.15, 0.2) is 6.20 Å². The fraction of sp³-hybridized carbons (Fsp3) is 0.889. The number of aliphatic hydroxyl groups is 1. The van der Waals surface area contributed by atoms with Crippen LogP contribution in [-0.2, 0) is 13.0 Å². The minimum Gasteiger partial charge on any atom is -0.396 e.